The van der Waals surface area contributed by atoms with Crippen molar-refractivity contribution in [2.75, 3.05) is 29.1 Å². The highest BCUT2D eigenvalue weighted by molar-refractivity contribution is 8.00. The topological polar surface area (TPSA) is 90.9 Å². The Labute approximate surface area is 196 Å². The van der Waals surface area contributed by atoms with Crippen LogP contribution < -0.4 is 15.5 Å². The lowest BCUT2D eigenvalue weighted by Crippen LogP contribution is -2.25. The predicted octanol–water partition coefficient (Wildman–Crippen LogP) is 4.48. The molecule has 1 saturated heterocycles. The second-order valence-corrected chi connectivity index (χ2v) is 9.26. The summed E-state index contributed by atoms with van der Waals surface area (Å²) in [5.74, 6) is 0.679. The number of hydrogen-bond acceptors (Lipinski definition) is 6. The molecular weight excluding hydrogens is 438 g/mol. The van der Waals surface area contributed by atoms with Crippen molar-refractivity contribution in [2.24, 2.45) is 0 Å². The van der Waals surface area contributed by atoms with Crippen molar-refractivity contribution in [3.63, 3.8) is 0 Å². The van der Waals surface area contributed by atoms with E-state index in [1.165, 1.54) is 11.8 Å². The van der Waals surface area contributed by atoms with Crippen LogP contribution in [-0.4, -0.2) is 42.1 Å². The summed E-state index contributed by atoms with van der Waals surface area (Å²) in [4.78, 5) is 26.7. The molecule has 0 aromatic heterocycles. The largest absolute Gasteiger partial charge is 0.507 e. The molecule has 0 bridgehead atoms. The third-order valence-electron chi connectivity index (χ3n) is 5.97. The summed E-state index contributed by atoms with van der Waals surface area (Å²) >= 11 is 1.50. The molecule has 0 aliphatic carbocycles. The number of ether oxygens (including phenoxy) is 1. The average Bonchev–Trinajstić information content (AvgIpc) is 3.20. The van der Waals surface area contributed by atoms with Crippen molar-refractivity contribution in [3.05, 3.63) is 60.2 Å². The molecular formula is C25H25N3O4S. The van der Waals surface area contributed by atoms with Crippen molar-refractivity contribution >= 4 is 45.9 Å². The standard InChI is InChI=1S/C25H25N3O4S/c29-22-9-7-16(19-5-1-2-6-20(19)22)13-26-11-3-4-18-14-28(25(31)32-18)17-8-10-23-21(12-17)27-24(30)15-33-23/h1-2,5-10,12,18,26,29H,3-4,11,13-15H2,(H,27,30)/t18-/m0/s1. The highest BCUT2D eigenvalue weighted by Crippen LogP contribution is 2.35. The van der Waals surface area contributed by atoms with E-state index in [-0.39, 0.29) is 18.1 Å². The molecule has 0 unspecified atom stereocenters. The fourth-order valence-electron chi connectivity index (χ4n) is 4.30. The van der Waals surface area contributed by atoms with Gasteiger partial charge in [0.15, 0.2) is 0 Å². The lowest BCUT2D eigenvalue weighted by Gasteiger charge is -2.20. The van der Waals surface area contributed by atoms with Gasteiger partial charge in [-0.05, 0) is 54.6 Å². The van der Waals surface area contributed by atoms with E-state index in [1.807, 2.05) is 48.5 Å². The van der Waals surface area contributed by atoms with Crippen LogP contribution in [0.5, 0.6) is 5.75 Å². The molecule has 7 nitrogen and oxygen atoms in total. The summed E-state index contributed by atoms with van der Waals surface area (Å²) in [6, 6.07) is 17.2. The van der Waals surface area contributed by atoms with Crippen LogP contribution in [0.3, 0.4) is 0 Å². The normalized spacial score (nSPS) is 17.7. The van der Waals surface area contributed by atoms with Gasteiger partial charge in [-0.15, -0.1) is 11.8 Å². The molecule has 2 heterocycles. The number of cyclic esters (lactones) is 1. The van der Waals surface area contributed by atoms with Gasteiger partial charge in [0.1, 0.15) is 11.9 Å². The van der Waals surface area contributed by atoms with Crippen LogP contribution in [0.15, 0.2) is 59.5 Å². The van der Waals surface area contributed by atoms with Crippen molar-refractivity contribution < 1.29 is 19.4 Å². The van der Waals surface area contributed by atoms with Crippen LogP contribution in [0.25, 0.3) is 10.8 Å². The fraction of sp³-hybridized carbons (Fsp3) is 0.280. The molecule has 3 aromatic carbocycles. The molecule has 3 N–H and O–H groups in total. The molecule has 0 saturated carbocycles. The van der Waals surface area contributed by atoms with Crippen LogP contribution in [0, 0.1) is 0 Å². The smallest absolute Gasteiger partial charge is 0.414 e. The van der Waals surface area contributed by atoms with Gasteiger partial charge >= 0.3 is 6.09 Å². The van der Waals surface area contributed by atoms with Crippen molar-refractivity contribution in [1.29, 1.82) is 0 Å². The van der Waals surface area contributed by atoms with Crippen molar-refractivity contribution in [1.82, 2.24) is 5.32 Å². The number of carbonyl (C=O) groups excluding carboxylic acids is 2. The summed E-state index contributed by atoms with van der Waals surface area (Å²) in [5.41, 5.74) is 2.62. The summed E-state index contributed by atoms with van der Waals surface area (Å²) in [6.45, 7) is 2.00. The minimum absolute atomic E-state index is 0.0284. The Kier molecular flexibility index (Phi) is 6.11. The first kappa shape index (κ1) is 21.6. The van der Waals surface area contributed by atoms with E-state index >= 15 is 0 Å². The quantitative estimate of drug-likeness (QED) is 0.448. The molecule has 2 aliphatic heterocycles. The second-order valence-electron chi connectivity index (χ2n) is 8.24. The van der Waals surface area contributed by atoms with Crippen LogP contribution in [0.4, 0.5) is 16.2 Å². The summed E-state index contributed by atoms with van der Waals surface area (Å²) in [6.07, 6.45) is 1.13. The number of hydrogen-bond donors (Lipinski definition) is 3. The second kappa shape index (κ2) is 9.33. The number of carbonyl (C=O) groups is 2. The molecule has 1 atom stereocenters. The third-order valence-corrected chi connectivity index (χ3v) is 7.04. The minimum Gasteiger partial charge on any atom is -0.507 e. The number of amides is 2. The first-order valence-corrected chi connectivity index (χ1v) is 12.0. The van der Waals surface area contributed by atoms with Crippen molar-refractivity contribution in [3.8, 4) is 5.75 Å². The highest BCUT2D eigenvalue weighted by atomic mass is 32.2. The first-order valence-electron chi connectivity index (χ1n) is 11.0. The van der Waals surface area contributed by atoms with E-state index in [0.717, 1.165) is 52.0 Å². The number of fused-ring (bicyclic) bond motifs is 2. The maximum absolute atomic E-state index is 12.4. The van der Waals surface area contributed by atoms with E-state index in [0.29, 0.717) is 24.6 Å². The van der Waals surface area contributed by atoms with Gasteiger partial charge in [-0.1, -0.05) is 30.3 Å². The molecule has 33 heavy (non-hydrogen) atoms. The number of rotatable bonds is 7. The lowest BCUT2D eigenvalue weighted by molar-refractivity contribution is -0.113. The summed E-state index contributed by atoms with van der Waals surface area (Å²) < 4.78 is 5.57. The Bertz CT molecular complexity index is 1220. The zero-order valence-electron chi connectivity index (χ0n) is 18.0. The van der Waals surface area contributed by atoms with Gasteiger partial charge in [-0.2, -0.15) is 0 Å². The van der Waals surface area contributed by atoms with E-state index in [4.69, 9.17) is 4.74 Å². The van der Waals surface area contributed by atoms with E-state index in [1.54, 1.807) is 11.0 Å². The molecule has 8 heteroatoms. The number of nitrogens with one attached hydrogen (secondary N) is 2. The van der Waals surface area contributed by atoms with Gasteiger partial charge in [0.2, 0.25) is 5.91 Å². The predicted molar refractivity (Wildman–Crippen MR) is 130 cm³/mol. The molecule has 0 spiro atoms. The number of nitrogens with zero attached hydrogens (tertiary/aromatic N) is 1. The van der Waals surface area contributed by atoms with Crippen LogP contribution in [-0.2, 0) is 16.1 Å². The maximum Gasteiger partial charge on any atom is 0.414 e. The SMILES string of the molecule is O=C1CSc2ccc(N3C[C@H](CCCNCc4ccc(O)c5ccccc45)OC3=O)cc2N1. The molecule has 3 aromatic rings. The van der Waals surface area contributed by atoms with Crippen molar-refractivity contribution in [2.45, 2.75) is 30.4 Å². The fourth-order valence-corrected chi connectivity index (χ4v) is 5.09. The lowest BCUT2D eigenvalue weighted by atomic mass is 10.0. The average molecular weight is 464 g/mol. The molecule has 170 valence electrons. The minimum atomic E-state index is -0.349. The van der Waals surface area contributed by atoms with Crippen LogP contribution in [0.2, 0.25) is 0 Å². The highest BCUT2D eigenvalue weighted by Gasteiger charge is 2.32. The zero-order chi connectivity index (χ0) is 22.8. The Morgan fingerprint density at radius 1 is 1.12 bits per heavy atom. The Morgan fingerprint density at radius 3 is 2.85 bits per heavy atom. The van der Waals surface area contributed by atoms with E-state index in [2.05, 4.69) is 10.6 Å². The van der Waals surface area contributed by atoms with Gasteiger partial charge in [-0.3, -0.25) is 9.69 Å². The first-order chi connectivity index (χ1) is 16.1. The summed E-state index contributed by atoms with van der Waals surface area (Å²) in [7, 11) is 0. The molecule has 2 amide bonds. The Balaban J connectivity index is 1.12. The number of phenolic OH excluding ortho intramolecular Hbond substituents is 1. The third kappa shape index (κ3) is 4.62. The molecule has 5 rings (SSSR count). The Morgan fingerprint density at radius 2 is 1.97 bits per heavy atom. The molecule has 2 aliphatic rings. The van der Waals surface area contributed by atoms with Crippen LogP contribution >= 0.6 is 11.8 Å². The van der Waals surface area contributed by atoms with Gasteiger partial charge in [0.05, 0.1) is 18.0 Å². The van der Waals surface area contributed by atoms with Gasteiger partial charge in [0.25, 0.3) is 0 Å². The Hall–Kier alpha value is -3.23. The maximum atomic E-state index is 12.4. The van der Waals surface area contributed by atoms with Gasteiger partial charge in [0, 0.05) is 22.5 Å². The number of benzene rings is 3. The molecule has 0 radical (unpaired) electrons. The van der Waals surface area contributed by atoms with Gasteiger partial charge in [-0.25, -0.2) is 4.79 Å². The van der Waals surface area contributed by atoms with Gasteiger partial charge < -0.3 is 20.5 Å². The number of phenols is 1. The summed E-state index contributed by atoms with van der Waals surface area (Å²) in [5, 5.41) is 18.3. The number of anilines is 2. The molecule has 1 fully saturated rings. The van der Waals surface area contributed by atoms with Crippen LogP contribution in [0.1, 0.15) is 18.4 Å². The monoisotopic (exact) mass is 463 g/mol. The van der Waals surface area contributed by atoms with E-state index < -0.39 is 0 Å². The number of thioether (sulfide) groups is 1. The van der Waals surface area contributed by atoms with E-state index in [9.17, 15) is 14.7 Å². The number of aromatic hydroxyl groups is 1. The zero-order valence-corrected chi connectivity index (χ0v) is 18.9.